The quantitative estimate of drug-likeness (QED) is 0.530. The van der Waals surface area contributed by atoms with E-state index in [2.05, 4.69) is 6.92 Å². The molecule has 0 unspecified atom stereocenters. The van der Waals surface area contributed by atoms with Gasteiger partial charge in [-0.05, 0) is 36.4 Å². The van der Waals surface area contributed by atoms with Gasteiger partial charge in [0, 0.05) is 17.7 Å². The number of carbonyl (C=O) groups is 1. The minimum atomic E-state index is -0.297. The van der Waals surface area contributed by atoms with Crippen LogP contribution in [0.2, 0.25) is 0 Å². The van der Waals surface area contributed by atoms with Gasteiger partial charge in [0.2, 0.25) is 0 Å². The zero-order valence-electron chi connectivity index (χ0n) is 9.54. The van der Waals surface area contributed by atoms with Crippen LogP contribution in [0.25, 0.3) is 0 Å². The summed E-state index contributed by atoms with van der Waals surface area (Å²) in [4.78, 5) is 11.7. The molecule has 1 nitrogen and oxygen atoms in total. The Morgan fingerprint density at radius 1 is 1.25 bits per heavy atom. The molecule has 16 heavy (non-hydrogen) atoms. The van der Waals surface area contributed by atoms with Crippen molar-refractivity contribution in [3.63, 3.8) is 0 Å². The van der Waals surface area contributed by atoms with Crippen molar-refractivity contribution in [2.24, 2.45) is 0 Å². The Morgan fingerprint density at radius 3 is 2.56 bits per heavy atom. The van der Waals surface area contributed by atoms with Gasteiger partial charge in [0.1, 0.15) is 5.82 Å². The standard InChI is InChI=1S/C13H17FOS/c1-2-3-9-16-10-8-13(15)11-4-6-12(14)7-5-11/h4-7H,2-3,8-10H2,1H3. The van der Waals surface area contributed by atoms with Crippen LogP contribution in [-0.2, 0) is 0 Å². The average molecular weight is 240 g/mol. The van der Waals surface area contributed by atoms with Crippen LogP contribution in [0.5, 0.6) is 0 Å². The van der Waals surface area contributed by atoms with Crippen molar-refractivity contribution in [1.82, 2.24) is 0 Å². The van der Waals surface area contributed by atoms with Crippen LogP contribution in [0.15, 0.2) is 24.3 Å². The number of carbonyl (C=O) groups excluding carboxylic acids is 1. The summed E-state index contributed by atoms with van der Waals surface area (Å²) in [6, 6.07) is 5.76. The summed E-state index contributed by atoms with van der Waals surface area (Å²) in [5.41, 5.74) is 0.609. The second kappa shape index (κ2) is 7.44. The number of ketones is 1. The lowest BCUT2D eigenvalue weighted by atomic mass is 10.1. The summed E-state index contributed by atoms with van der Waals surface area (Å²) in [5, 5.41) is 0. The first-order valence-corrected chi connectivity index (χ1v) is 6.76. The fraction of sp³-hybridized carbons (Fsp3) is 0.462. The molecule has 0 aliphatic heterocycles. The molecule has 88 valence electrons. The van der Waals surface area contributed by atoms with E-state index in [-0.39, 0.29) is 11.6 Å². The lowest BCUT2D eigenvalue weighted by Crippen LogP contribution is -2.00. The summed E-state index contributed by atoms with van der Waals surface area (Å²) >= 11 is 1.81. The van der Waals surface area contributed by atoms with E-state index < -0.39 is 0 Å². The first-order valence-electron chi connectivity index (χ1n) is 5.60. The van der Waals surface area contributed by atoms with E-state index >= 15 is 0 Å². The molecule has 0 N–H and O–H groups in total. The second-order valence-electron chi connectivity index (χ2n) is 3.65. The van der Waals surface area contributed by atoms with E-state index in [0.29, 0.717) is 12.0 Å². The Labute approximate surface area is 100 Å². The Balaban J connectivity index is 2.27. The van der Waals surface area contributed by atoms with Crippen molar-refractivity contribution >= 4 is 17.5 Å². The molecule has 0 radical (unpaired) electrons. The summed E-state index contributed by atoms with van der Waals surface area (Å²) in [7, 11) is 0. The van der Waals surface area contributed by atoms with E-state index in [1.807, 2.05) is 11.8 Å². The van der Waals surface area contributed by atoms with Crippen LogP contribution < -0.4 is 0 Å². The SMILES string of the molecule is CCCCSCCC(=O)c1ccc(F)cc1. The number of hydrogen-bond donors (Lipinski definition) is 0. The molecule has 0 spiro atoms. The molecule has 0 aliphatic carbocycles. The molecule has 1 rings (SSSR count). The maximum absolute atomic E-state index is 12.6. The maximum atomic E-state index is 12.6. The smallest absolute Gasteiger partial charge is 0.163 e. The van der Waals surface area contributed by atoms with E-state index in [0.717, 1.165) is 11.5 Å². The highest BCUT2D eigenvalue weighted by Gasteiger charge is 2.05. The lowest BCUT2D eigenvalue weighted by molar-refractivity contribution is 0.0989. The highest BCUT2D eigenvalue weighted by atomic mass is 32.2. The molecule has 0 saturated heterocycles. The van der Waals surface area contributed by atoms with Gasteiger partial charge in [0.25, 0.3) is 0 Å². The fourth-order valence-corrected chi connectivity index (χ4v) is 2.32. The Morgan fingerprint density at radius 2 is 1.94 bits per heavy atom. The Bertz CT molecular complexity index is 321. The maximum Gasteiger partial charge on any atom is 0.163 e. The minimum Gasteiger partial charge on any atom is -0.294 e. The number of unbranched alkanes of at least 4 members (excludes halogenated alkanes) is 1. The van der Waals surface area contributed by atoms with Crippen LogP contribution in [0.3, 0.4) is 0 Å². The van der Waals surface area contributed by atoms with Gasteiger partial charge in [-0.3, -0.25) is 4.79 Å². The highest BCUT2D eigenvalue weighted by molar-refractivity contribution is 7.99. The van der Waals surface area contributed by atoms with Gasteiger partial charge in [-0.2, -0.15) is 11.8 Å². The van der Waals surface area contributed by atoms with Gasteiger partial charge in [-0.1, -0.05) is 13.3 Å². The number of halogens is 1. The van der Waals surface area contributed by atoms with Gasteiger partial charge in [0.05, 0.1) is 0 Å². The predicted octanol–water partition coefficient (Wildman–Crippen LogP) is 3.93. The fourth-order valence-electron chi connectivity index (χ4n) is 1.29. The Kier molecular flexibility index (Phi) is 6.16. The summed E-state index contributed by atoms with van der Waals surface area (Å²) < 4.78 is 12.6. The summed E-state index contributed by atoms with van der Waals surface area (Å²) in [6.07, 6.45) is 2.94. The molecule has 0 fully saturated rings. The van der Waals surface area contributed by atoms with Gasteiger partial charge < -0.3 is 0 Å². The van der Waals surface area contributed by atoms with Crippen molar-refractivity contribution in [2.45, 2.75) is 26.2 Å². The third kappa shape index (κ3) is 4.79. The zero-order valence-corrected chi connectivity index (χ0v) is 10.4. The van der Waals surface area contributed by atoms with Gasteiger partial charge in [-0.15, -0.1) is 0 Å². The van der Waals surface area contributed by atoms with Crippen molar-refractivity contribution in [3.05, 3.63) is 35.6 Å². The second-order valence-corrected chi connectivity index (χ2v) is 4.87. The lowest BCUT2D eigenvalue weighted by Gasteiger charge is -2.01. The van der Waals surface area contributed by atoms with Crippen LogP contribution in [-0.4, -0.2) is 17.3 Å². The van der Waals surface area contributed by atoms with E-state index in [1.54, 1.807) is 12.1 Å². The summed E-state index contributed by atoms with van der Waals surface area (Å²) in [6.45, 7) is 2.16. The predicted molar refractivity (Wildman–Crippen MR) is 67.6 cm³/mol. The summed E-state index contributed by atoms with van der Waals surface area (Å²) in [5.74, 6) is 1.78. The van der Waals surface area contributed by atoms with Gasteiger partial charge in [-0.25, -0.2) is 4.39 Å². The van der Waals surface area contributed by atoms with Crippen LogP contribution in [0.1, 0.15) is 36.5 Å². The molecule has 0 aliphatic rings. The molecule has 0 saturated carbocycles. The van der Waals surface area contributed by atoms with E-state index in [4.69, 9.17) is 0 Å². The molecule has 3 heteroatoms. The zero-order chi connectivity index (χ0) is 11.8. The van der Waals surface area contributed by atoms with Crippen LogP contribution in [0.4, 0.5) is 4.39 Å². The van der Waals surface area contributed by atoms with Crippen molar-refractivity contribution in [2.75, 3.05) is 11.5 Å². The monoisotopic (exact) mass is 240 g/mol. The largest absolute Gasteiger partial charge is 0.294 e. The molecule has 0 aromatic heterocycles. The van der Waals surface area contributed by atoms with Gasteiger partial charge >= 0.3 is 0 Å². The molecule has 1 aromatic rings. The Hall–Kier alpha value is -0.830. The van der Waals surface area contributed by atoms with Crippen LogP contribution >= 0.6 is 11.8 Å². The van der Waals surface area contributed by atoms with Crippen molar-refractivity contribution in [1.29, 1.82) is 0 Å². The number of benzene rings is 1. The molecule has 0 atom stereocenters. The number of thioether (sulfide) groups is 1. The van der Waals surface area contributed by atoms with Crippen molar-refractivity contribution < 1.29 is 9.18 Å². The molecular weight excluding hydrogens is 223 g/mol. The van der Waals surface area contributed by atoms with Crippen molar-refractivity contribution in [3.8, 4) is 0 Å². The average Bonchev–Trinajstić information content (AvgIpc) is 2.29. The first-order chi connectivity index (χ1) is 7.74. The molecule has 1 aromatic carbocycles. The third-order valence-electron chi connectivity index (χ3n) is 2.28. The van der Waals surface area contributed by atoms with E-state index in [1.165, 1.54) is 25.0 Å². The molecule has 0 amide bonds. The third-order valence-corrected chi connectivity index (χ3v) is 3.35. The minimum absolute atomic E-state index is 0.101. The van der Waals surface area contributed by atoms with Crippen LogP contribution in [0, 0.1) is 5.82 Å². The number of rotatable bonds is 7. The molecule has 0 heterocycles. The topological polar surface area (TPSA) is 17.1 Å². The normalized spacial score (nSPS) is 10.4. The molecular formula is C13H17FOS. The first kappa shape index (κ1) is 13.2. The van der Waals surface area contributed by atoms with E-state index in [9.17, 15) is 9.18 Å². The molecule has 0 bridgehead atoms. The van der Waals surface area contributed by atoms with Gasteiger partial charge in [0.15, 0.2) is 5.78 Å². The highest BCUT2D eigenvalue weighted by Crippen LogP contribution is 2.10. The number of Topliss-reactive ketones (excluding diaryl/α,β-unsaturated/α-hetero) is 1. The number of hydrogen-bond acceptors (Lipinski definition) is 2.